The van der Waals surface area contributed by atoms with Crippen molar-refractivity contribution in [3.63, 3.8) is 0 Å². The fourth-order valence-corrected chi connectivity index (χ4v) is 2.62. The minimum Gasteiger partial charge on any atom is -0.463 e. The maximum absolute atomic E-state index is 11.5. The van der Waals surface area contributed by atoms with Gasteiger partial charge in [-0.1, -0.05) is 13.8 Å². The summed E-state index contributed by atoms with van der Waals surface area (Å²) in [5.41, 5.74) is 7.12. The normalized spacial score (nSPS) is 21.2. The summed E-state index contributed by atoms with van der Waals surface area (Å²) in [5, 5.41) is 0. The summed E-state index contributed by atoms with van der Waals surface area (Å²) in [4.78, 5) is 24.3. The third-order valence-electron chi connectivity index (χ3n) is 3.84. The van der Waals surface area contributed by atoms with Gasteiger partial charge >= 0.3 is 5.97 Å². The number of aromatic nitrogens is 4. The lowest BCUT2D eigenvalue weighted by atomic mass is 10.2. The van der Waals surface area contributed by atoms with Gasteiger partial charge in [-0.15, -0.1) is 0 Å². The average Bonchev–Trinajstić information content (AvgIpc) is 3.10. The van der Waals surface area contributed by atoms with E-state index in [1.54, 1.807) is 13.3 Å². The molecule has 1 saturated heterocycles. The van der Waals surface area contributed by atoms with E-state index in [9.17, 15) is 4.79 Å². The van der Waals surface area contributed by atoms with Crippen LogP contribution >= 0.6 is 0 Å². The number of aryl methyl sites for hydroxylation is 1. The van der Waals surface area contributed by atoms with E-state index in [0.29, 0.717) is 22.8 Å². The van der Waals surface area contributed by atoms with Gasteiger partial charge in [0.15, 0.2) is 11.5 Å². The topological polar surface area (TPSA) is 105 Å². The summed E-state index contributed by atoms with van der Waals surface area (Å²) in [6, 6.07) is 0. The summed E-state index contributed by atoms with van der Waals surface area (Å²) >= 11 is 0. The molecule has 2 aromatic heterocycles. The molecule has 23 heavy (non-hydrogen) atoms. The molecule has 2 N–H and O–H groups in total. The average molecular weight is 319 g/mol. The van der Waals surface area contributed by atoms with Gasteiger partial charge in [0.05, 0.1) is 18.3 Å². The minimum atomic E-state index is -0.207. The lowest BCUT2D eigenvalue weighted by molar-refractivity contribution is -0.152. The lowest BCUT2D eigenvalue weighted by Gasteiger charge is -2.16. The van der Waals surface area contributed by atoms with Crippen LogP contribution in [0, 0.1) is 12.8 Å². The molecule has 0 spiro atoms. The third kappa shape index (κ3) is 3.12. The Bertz CT molecular complexity index is 727. The highest BCUT2D eigenvalue weighted by atomic mass is 16.6. The summed E-state index contributed by atoms with van der Waals surface area (Å²) in [5.74, 6) is 0.623. The number of hydrogen-bond donors (Lipinski definition) is 1. The van der Waals surface area contributed by atoms with E-state index in [2.05, 4.69) is 15.0 Å². The van der Waals surface area contributed by atoms with Gasteiger partial charge in [-0.3, -0.25) is 9.36 Å². The zero-order chi connectivity index (χ0) is 16.6. The first-order chi connectivity index (χ1) is 11.0. The van der Waals surface area contributed by atoms with Crippen molar-refractivity contribution in [2.75, 3.05) is 12.3 Å². The molecule has 3 rings (SSSR count). The van der Waals surface area contributed by atoms with Crippen molar-refractivity contribution in [2.45, 2.75) is 45.9 Å². The van der Waals surface area contributed by atoms with Crippen LogP contribution in [0.5, 0.6) is 0 Å². The summed E-state index contributed by atoms with van der Waals surface area (Å²) in [6.45, 7) is 5.68. The number of carbonyl (C=O) groups is 1. The van der Waals surface area contributed by atoms with Crippen LogP contribution in [0.3, 0.4) is 0 Å². The Kier molecular flexibility index (Phi) is 4.16. The Morgan fingerprint density at radius 2 is 2.26 bits per heavy atom. The van der Waals surface area contributed by atoms with Gasteiger partial charge in [0.25, 0.3) is 0 Å². The largest absolute Gasteiger partial charge is 0.463 e. The maximum atomic E-state index is 11.5. The van der Waals surface area contributed by atoms with E-state index in [-0.39, 0.29) is 30.8 Å². The summed E-state index contributed by atoms with van der Waals surface area (Å²) < 4.78 is 13.1. The van der Waals surface area contributed by atoms with E-state index in [0.717, 1.165) is 12.8 Å². The molecule has 3 heterocycles. The van der Waals surface area contributed by atoms with Crippen LogP contribution < -0.4 is 5.73 Å². The minimum absolute atomic E-state index is 0.111. The molecule has 0 aliphatic carbocycles. The zero-order valence-electron chi connectivity index (χ0n) is 13.5. The number of rotatable bonds is 4. The lowest BCUT2D eigenvalue weighted by Crippen LogP contribution is -2.21. The zero-order valence-corrected chi connectivity index (χ0v) is 13.5. The second-order valence-electron chi connectivity index (χ2n) is 6.05. The van der Waals surface area contributed by atoms with Crippen molar-refractivity contribution in [3.05, 3.63) is 12.2 Å². The van der Waals surface area contributed by atoms with Gasteiger partial charge in [0, 0.05) is 0 Å². The maximum Gasteiger partial charge on any atom is 0.308 e. The van der Waals surface area contributed by atoms with Gasteiger partial charge in [0.2, 0.25) is 0 Å². The Morgan fingerprint density at radius 1 is 1.48 bits per heavy atom. The Hall–Kier alpha value is -2.22. The van der Waals surface area contributed by atoms with Crippen LogP contribution in [0.25, 0.3) is 11.2 Å². The molecule has 2 unspecified atom stereocenters. The SMILES string of the molecule is Cc1nc(N)c2ncn(C3CCC(COC(=O)C(C)C)O3)c2n1. The van der Waals surface area contributed by atoms with E-state index in [4.69, 9.17) is 15.2 Å². The second-order valence-corrected chi connectivity index (χ2v) is 6.05. The van der Waals surface area contributed by atoms with E-state index in [1.807, 2.05) is 18.4 Å². The third-order valence-corrected chi connectivity index (χ3v) is 3.84. The molecule has 8 heteroatoms. The smallest absolute Gasteiger partial charge is 0.308 e. The molecule has 1 fully saturated rings. The molecule has 2 atom stereocenters. The van der Waals surface area contributed by atoms with Crippen LogP contribution in [0.4, 0.5) is 5.82 Å². The Morgan fingerprint density at radius 3 is 3.00 bits per heavy atom. The van der Waals surface area contributed by atoms with Gasteiger partial charge in [0.1, 0.15) is 24.2 Å². The Balaban J connectivity index is 1.71. The number of fused-ring (bicyclic) bond motifs is 1. The van der Waals surface area contributed by atoms with Gasteiger partial charge < -0.3 is 15.2 Å². The molecule has 8 nitrogen and oxygen atoms in total. The molecule has 0 bridgehead atoms. The number of anilines is 1. The van der Waals surface area contributed by atoms with Crippen molar-refractivity contribution in [2.24, 2.45) is 5.92 Å². The molecule has 1 aliphatic rings. The van der Waals surface area contributed by atoms with E-state index >= 15 is 0 Å². The highest BCUT2D eigenvalue weighted by Gasteiger charge is 2.29. The highest BCUT2D eigenvalue weighted by molar-refractivity contribution is 5.81. The van der Waals surface area contributed by atoms with Crippen LogP contribution in [0.1, 0.15) is 38.7 Å². The van der Waals surface area contributed by atoms with Crippen molar-refractivity contribution >= 4 is 23.0 Å². The second kappa shape index (κ2) is 6.11. The predicted molar refractivity (Wildman–Crippen MR) is 83.4 cm³/mol. The van der Waals surface area contributed by atoms with Gasteiger partial charge in [-0.2, -0.15) is 0 Å². The van der Waals surface area contributed by atoms with Crippen molar-refractivity contribution in [1.29, 1.82) is 0 Å². The number of nitrogen functional groups attached to an aromatic ring is 1. The first kappa shape index (κ1) is 15.7. The fraction of sp³-hybridized carbons (Fsp3) is 0.600. The quantitative estimate of drug-likeness (QED) is 0.853. The molecule has 2 aromatic rings. The van der Waals surface area contributed by atoms with Crippen LogP contribution in [-0.4, -0.2) is 38.2 Å². The van der Waals surface area contributed by atoms with Crippen molar-refractivity contribution in [1.82, 2.24) is 19.5 Å². The molecular formula is C15H21N5O3. The molecule has 0 saturated carbocycles. The van der Waals surface area contributed by atoms with Crippen molar-refractivity contribution < 1.29 is 14.3 Å². The summed E-state index contributed by atoms with van der Waals surface area (Å²) in [6.07, 6.45) is 2.99. The molecule has 0 radical (unpaired) electrons. The number of nitrogens with zero attached hydrogens (tertiary/aromatic N) is 4. The van der Waals surface area contributed by atoms with Gasteiger partial charge in [-0.05, 0) is 19.8 Å². The Labute approximate surface area is 134 Å². The van der Waals surface area contributed by atoms with Crippen LogP contribution in [0.2, 0.25) is 0 Å². The van der Waals surface area contributed by atoms with Crippen molar-refractivity contribution in [3.8, 4) is 0 Å². The van der Waals surface area contributed by atoms with Gasteiger partial charge in [-0.25, -0.2) is 15.0 Å². The van der Waals surface area contributed by atoms with Crippen LogP contribution in [-0.2, 0) is 14.3 Å². The molecule has 0 aromatic carbocycles. The molecule has 1 aliphatic heterocycles. The number of nitrogens with two attached hydrogens (primary N) is 1. The van der Waals surface area contributed by atoms with E-state index in [1.165, 1.54) is 0 Å². The fourth-order valence-electron chi connectivity index (χ4n) is 2.62. The number of ether oxygens (including phenoxy) is 2. The molecule has 124 valence electrons. The van der Waals surface area contributed by atoms with Crippen LogP contribution in [0.15, 0.2) is 6.33 Å². The number of carbonyl (C=O) groups excluding carboxylic acids is 1. The first-order valence-corrected chi connectivity index (χ1v) is 7.74. The summed E-state index contributed by atoms with van der Waals surface area (Å²) in [7, 11) is 0. The number of esters is 1. The monoisotopic (exact) mass is 319 g/mol. The first-order valence-electron chi connectivity index (χ1n) is 7.74. The number of imidazole rings is 1. The van der Waals surface area contributed by atoms with E-state index < -0.39 is 0 Å². The molecule has 0 amide bonds. The highest BCUT2D eigenvalue weighted by Crippen LogP contribution is 2.31. The standard InChI is InChI=1S/C15H21N5O3/c1-8(2)15(21)22-6-10-4-5-11(23-10)20-7-17-12-13(16)18-9(3)19-14(12)20/h7-8,10-11H,4-6H2,1-3H3,(H2,16,18,19). The molecular weight excluding hydrogens is 298 g/mol. The number of hydrogen-bond acceptors (Lipinski definition) is 7. The predicted octanol–water partition coefficient (Wildman–Crippen LogP) is 1.59.